The molecule has 0 saturated heterocycles. The number of hydrogen-bond donors (Lipinski definition) is 1. The Bertz CT molecular complexity index is 785. The van der Waals surface area contributed by atoms with E-state index in [1.165, 1.54) is 38.5 Å². The quantitative estimate of drug-likeness (QED) is 0.0688. The van der Waals surface area contributed by atoms with Gasteiger partial charge >= 0.3 is 14.9 Å². The summed E-state index contributed by atoms with van der Waals surface area (Å²) in [5.41, 5.74) is 0. The van der Waals surface area contributed by atoms with Crippen molar-refractivity contribution in [1.29, 1.82) is 0 Å². The standard InChI is InChI=1S/C33H61NO10Si/c1-5-9-10-11-12-13-14-21-36-22-23-37-24-25-38-26-27-39-28-29-40-31-16-18-32(19-17-31)44-33(35)34-20-15-30-45(41-6-2,42-7-3)43-8-4/h16-19H,5-15,20-30H2,1-4H3,(H,34,35). The molecule has 0 atom stereocenters. The Morgan fingerprint density at radius 1 is 0.578 bits per heavy atom. The molecule has 1 aromatic carbocycles. The Morgan fingerprint density at radius 2 is 1.04 bits per heavy atom. The molecule has 0 bridgehead atoms. The first-order valence-electron chi connectivity index (χ1n) is 17.0. The zero-order chi connectivity index (χ0) is 32.7. The van der Waals surface area contributed by atoms with Gasteiger partial charge in [0.25, 0.3) is 0 Å². The number of nitrogens with one attached hydrogen (secondary N) is 1. The fourth-order valence-electron chi connectivity index (χ4n) is 4.39. The van der Waals surface area contributed by atoms with E-state index in [4.69, 9.17) is 41.7 Å². The molecule has 0 unspecified atom stereocenters. The number of ether oxygens (including phenoxy) is 6. The van der Waals surface area contributed by atoms with Crippen molar-refractivity contribution in [2.24, 2.45) is 0 Å². The highest BCUT2D eigenvalue weighted by atomic mass is 28.4. The summed E-state index contributed by atoms with van der Waals surface area (Å²) in [5, 5.41) is 2.76. The molecule has 0 saturated carbocycles. The van der Waals surface area contributed by atoms with Gasteiger partial charge in [0.1, 0.15) is 18.1 Å². The molecular formula is C33H61NO10Si. The molecule has 0 aromatic heterocycles. The molecule has 0 aliphatic heterocycles. The first kappa shape index (κ1) is 41.3. The molecule has 0 aliphatic carbocycles. The van der Waals surface area contributed by atoms with Crippen molar-refractivity contribution in [3.05, 3.63) is 24.3 Å². The van der Waals surface area contributed by atoms with Crippen LogP contribution in [0.15, 0.2) is 24.3 Å². The van der Waals surface area contributed by atoms with Gasteiger partial charge in [-0.15, -0.1) is 0 Å². The molecule has 12 heteroatoms. The van der Waals surface area contributed by atoms with Crippen LogP contribution in [0.3, 0.4) is 0 Å². The molecule has 45 heavy (non-hydrogen) atoms. The monoisotopic (exact) mass is 659 g/mol. The van der Waals surface area contributed by atoms with Crippen molar-refractivity contribution in [2.75, 3.05) is 85.8 Å². The number of carbonyl (C=O) groups excluding carboxylic acids is 1. The largest absolute Gasteiger partial charge is 0.500 e. The molecular weight excluding hydrogens is 598 g/mol. The Balaban J connectivity index is 1.98. The van der Waals surface area contributed by atoms with Gasteiger partial charge in [-0.25, -0.2) is 4.79 Å². The van der Waals surface area contributed by atoms with Gasteiger partial charge in [0.05, 0.1) is 46.2 Å². The second-order valence-corrected chi connectivity index (χ2v) is 13.0. The molecule has 1 amide bonds. The molecule has 0 heterocycles. The van der Waals surface area contributed by atoms with Gasteiger partial charge in [-0.3, -0.25) is 0 Å². The first-order valence-corrected chi connectivity index (χ1v) is 18.9. The van der Waals surface area contributed by atoms with E-state index >= 15 is 0 Å². The van der Waals surface area contributed by atoms with E-state index in [1.54, 1.807) is 24.3 Å². The molecule has 0 spiro atoms. The SMILES string of the molecule is CCCCCCCCCOCCOCCOCCOCCOc1ccc(OC(=O)NCCC[Si](OCC)(OCC)OCC)cc1. The maximum atomic E-state index is 12.2. The summed E-state index contributed by atoms with van der Waals surface area (Å²) in [6.45, 7) is 15.0. The molecule has 11 nitrogen and oxygen atoms in total. The van der Waals surface area contributed by atoms with E-state index in [-0.39, 0.29) is 0 Å². The molecule has 0 radical (unpaired) electrons. The normalized spacial score (nSPS) is 11.6. The Morgan fingerprint density at radius 3 is 1.58 bits per heavy atom. The van der Waals surface area contributed by atoms with Crippen molar-refractivity contribution < 1.29 is 46.5 Å². The number of amides is 1. The van der Waals surface area contributed by atoms with Crippen LogP contribution in [0.1, 0.15) is 79.1 Å². The highest BCUT2D eigenvalue weighted by molar-refractivity contribution is 6.60. The van der Waals surface area contributed by atoms with Gasteiger partial charge in [0, 0.05) is 39.0 Å². The topological polar surface area (TPSA) is 112 Å². The maximum Gasteiger partial charge on any atom is 0.500 e. The van der Waals surface area contributed by atoms with Crippen LogP contribution in [0.2, 0.25) is 6.04 Å². The van der Waals surface area contributed by atoms with E-state index in [0.29, 0.717) is 103 Å². The number of benzene rings is 1. The van der Waals surface area contributed by atoms with Crippen LogP contribution >= 0.6 is 0 Å². The second-order valence-electron chi connectivity index (χ2n) is 10.3. The lowest BCUT2D eigenvalue weighted by Gasteiger charge is -2.28. The van der Waals surface area contributed by atoms with Crippen molar-refractivity contribution >= 4 is 14.9 Å². The van der Waals surface area contributed by atoms with Gasteiger partial charge in [0.2, 0.25) is 0 Å². The smallest absolute Gasteiger partial charge is 0.491 e. The van der Waals surface area contributed by atoms with Gasteiger partial charge in [-0.05, 0) is 57.9 Å². The minimum absolute atomic E-state index is 0.401. The highest BCUT2D eigenvalue weighted by Crippen LogP contribution is 2.19. The molecule has 262 valence electrons. The number of unbranched alkanes of at least 4 members (excludes halogenated alkanes) is 6. The van der Waals surface area contributed by atoms with Crippen LogP contribution in [-0.4, -0.2) is 101 Å². The summed E-state index contributed by atoms with van der Waals surface area (Å²) < 4.78 is 50.8. The third-order valence-corrected chi connectivity index (χ3v) is 9.71. The second kappa shape index (κ2) is 29.6. The molecule has 1 N–H and O–H groups in total. The third kappa shape index (κ3) is 23.2. The minimum Gasteiger partial charge on any atom is -0.491 e. The minimum atomic E-state index is -2.71. The summed E-state index contributed by atoms with van der Waals surface area (Å²) in [7, 11) is -2.71. The van der Waals surface area contributed by atoms with Crippen LogP contribution in [0, 0.1) is 0 Å². The van der Waals surface area contributed by atoms with Crippen molar-refractivity contribution in [2.45, 2.75) is 85.1 Å². The van der Waals surface area contributed by atoms with Crippen LogP contribution in [0.5, 0.6) is 11.5 Å². The van der Waals surface area contributed by atoms with Crippen LogP contribution in [0.25, 0.3) is 0 Å². The molecule has 0 aliphatic rings. The lowest BCUT2D eigenvalue weighted by atomic mass is 10.1. The van der Waals surface area contributed by atoms with E-state index in [0.717, 1.165) is 13.0 Å². The zero-order valence-electron chi connectivity index (χ0n) is 28.4. The fraction of sp³-hybridized carbons (Fsp3) is 0.788. The zero-order valence-corrected chi connectivity index (χ0v) is 29.4. The van der Waals surface area contributed by atoms with Crippen molar-refractivity contribution in [3.8, 4) is 11.5 Å². The predicted octanol–water partition coefficient (Wildman–Crippen LogP) is 6.41. The number of hydrogen-bond acceptors (Lipinski definition) is 10. The summed E-state index contributed by atoms with van der Waals surface area (Å²) in [6, 6.07) is 7.49. The highest BCUT2D eigenvalue weighted by Gasteiger charge is 2.39. The van der Waals surface area contributed by atoms with Crippen molar-refractivity contribution in [1.82, 2.24) is 5.32 Å². The Hall–Kier alpha value is -1.77. The summed E-state index contributed by atoms with van der Waals surface area (Å²) >= 11 is 0. The average molecular weight is 660 g/mol. The maximum absolute atomic E-state index is 12.2. The van der Waals surface area contributed by atoms with E-state index in [9.17, 15) is 4.79 Å². The van der Waals surface area contributed by atoms with Gasteiger partial charge in [-0.1, -0.05) is 45.4 Å². The van der Waals surface area contributed by atoms with Gasteiger partial charge < -0.3 is 47.0 Å². The van der Waals surface area contributed by atoms with E-state index in [2.05, 4.69) is 12.2 Å². The first-order chi connectivity index (χ1) is 22.1. The van der Waals surface area contributed by atoms with Gasteiger partial charge in [-0.2, -0.15) is 0 Å². The number of rotatable bonds is 32. The van der Waals surface area contributed by atoms with E-state index < -0.39 is 14.9 Å². The number of carbonyl (C=O) groups is 1. The molecule has 1 rings (SSSR count). The lowest BCUT2D eigenvalue weighted by molar-refractivity contribution is -0.00487. The average Bonchev–Trinajstić information content (AvgIpc) is 3.03. The Labute approximate surface area is 273 Å². The fourth-order valence-corrected chi connectivity index (χ4v) is 7.00. The molecule has 1 aromatic rings. The predicted molar refractivity (Wildman–Crippen MR) is 177 cm³/mol. The van der Waals surface area contributed by atoms with Crippen LogP contribution < -0.4 is 14.8 Å². The molecule has 0 fully saturated rings. The lowest BCUT2D eigenvalue weighted by Crippen LogP contribution is -2.46. The van der Waals surface area contributed by atoms with Crippen LogP contribution in [0.4, 0.5) is 4.79 Å². The summed E-state index contributed by atoms with van der Waals surface area (Å²) in [5.74, 6) is 1.09. The Kier molecular flexibility index (Phi) is 27.1. The summed E-state index contributed by atoms with van der Waals surface area (Å²) in [6.07, 6.45) is 9.18. The van der Waals surface area contributed by atoms with Crippen molar-refractivity contribution in [3.63, 3.8) is 0 Å². The van der Waals surface area contributed by atoms with Gasteiger partial charge in [0.15, 0.2) is 0 Å². The summed E-state index contributed by atoms with van der Waals surface area (Å²) in [4.78, 5) is 12.2. The van der Waals surface area contributed by atoms with E-state index in [1.807, 2.05) is 20.8 Å². The third-order valence-electron chi connectivity index (χ3n) is 6.56. The van der Waals surface area contributed by atoms with Crippen LogP contribution in [-0.2, 0) is 32.2 Å².